The summed E-state index contributed by atoms with van der Waals surface area (Å²) in [6.45, 7) is 0. The summed E-state index contributed by atoms with van der Waals surface area (Å²) < 4.78 is 0.465. The van der Waals surface area contributed by atoms with Crippen LogP contribution in [0.2, 0.25) is 10.0 Å². The fourth-order valence-electron chi connectivity index (χ4n) is 3.19. The van der Waals surface area contributed by atoms with Crippen LogP contribution in [0.1, 0.15) is 5.56 Å². The predicted molar refractivity (Wildman–Crippen MR) is 131 cm³/mol. The van der Waals surface area contributed by atoms with Crippen molar-refractivity contribution in [1.29, 1.82) is 0 Å². The molecule has 1 amide bonds. The molecule has 1 aliphatic rings. The number of hydrogen-bond acceptors (Lipinski definition) is 5. The Morgan fingerprint density at radius 2 is 1.81 bits per heavy atom. The third-order valence-corrected chi connectivity index (χ3v) is 6.56. The van der Waals surface area contributed by atoms with Gasteiger partial charge in [0, 0.05) is 5.56 Å². The predicted octanol–water partition coefficient (Wildman–Crippen LogP) is 6.09. The van der Waals surface area contributed by atoms with E-state index in [1.807, 2.05) is 42.5 Å². The smallest absolute Gasteiger partial charge is 0.263 e. The average molecular weight is 483 g/mol. The summed E-state index contributed by atoms with van der Waals surface area (Å²) in [7, 11) is 0. The maximum Gasteiger partial charge on any atom is 0.263 e. The maximum atomic E-state index is 11.9. The first-order chi connectivity index (χ1) is 15.0. The van der Waals surface area contributed by atoms with E-state index in [-0.39, 0.29) is 5.91 Å². The van der Waals surface area contributed by atoms with Gasteiger partial charge >= 0.3 is 0 Å². The molecule has 1 fully saturated rings. The van der Waals surface area contributed by atoms with Crippen molar-refractivity contribution in [3.8, 4) is 22.8 Å². The number of hydrogen-bond donors (Lipinski definition) is 2. The van der Waals surface area contributed by atoms with E-state index in [2.05, 4.69) is 10.3 Å². The third-order valence-electron chi connectivity index (χ3n) is 4.65. The Balaban J connectivity index is 1.49. The largest absolute Gasteiger partial charge is 0.337 e. The number of imidazole rings is 1. The fourth-order valence-corrected chi connectivity index (χ4v) is 4.53. The second-order valence-electron chi connectivity index (χ2n) is 6.75. The molecule has 2 aromatic heterocycles. The minimum absolute atomic E-state index is 0.180. The van der Waals surface area contributed by atoms with Crippen molar-refractivity contribution in [2.45, 2.75) is 0 Å². The number of benzene rings is 2. The van der Waals surface area contributed by atoms with Crippen LogP contribution in [0.15, 0.2) is 59.5 Å². The maximum absolute atomic E-state index is 11.9. The number of thiocarbonyl (C=S) groups is 1. The second kappa shape index (κ2) is 8.09. The highest BCUT2D eigenvalue weighted by Crippen LogP contribution is 2.30. The van der Waals surface area contributed by atoms with E-state index in [0.717, 1.165) is 27.9 Å². The highest BCUT2D eigenvalue weighted by Gasteiger charge is 2.22. The molecule has 0 unspecified atom stereocenters. The molecule has 0 spiro atoms. The van der Waals surface area contributed by atoms with Crippen LogP contribution in [-0.2, 0) is 4.79 Å². The van der Waals surface area contributed by atoms with Crippen LogP contribution < -0.4 is 5.32 Å². The number of nitrogens with one attached hydrogen (secondary N) is 2. The number of pyridine rings is 1. The monoisotopic (exact) mass is 482 g/mol. The molecule has 0 saturated carbocycles. The zero-order chi connectivity index (χ0) is 21.5. The lowest BCUT2D eigenvalue weighted by Gasteiger charge is -2.04. The highest BCUT2D eigenvalue weighted by atomic mass is 35.5. The second-order valence-corrected chi connectivity index (χ2v) is 9.28. The molecule has 0 aliphatic carbocycles. The van der Waals surface area contributed by atoms with Gasteiger partial charge in [-0.15, -0.1) is 0 Å². The van der Waals surface area contributed by atoms with E-state index in [1.54, 1.807) is 18.2 Å². The van der Waals surface area contributed by atoms with Gasteiger partial charge in [0.1, 0.15) is 10.0 Å². The molecule has 1 aliphatic heterocycles. The first-order valence-electron chi connectivity index (χ1n) is 9.14. The number of carbonyl (C=O) groups is 1. The molecular formula is C22H12Cl2N4OS2. The van der Waals surface area contributed by atoms with Gasteiger partial charge in [-0.2, -0.15) is 0 Å². The Hall–Kier alpha value is -2.71. The quantitative estimate of drug-likeness (QED) is 0.273. The molecule has 5 rings (SSSR count). The number of thioether (sulfide) groups is 1. The third kappa shape index (κ3) is 4.09. The lowest BCUT2D eigenvalue weighted by molar-refractivity contribution is -0.115. The van der Waals surface area contributed by atoms with Crippen molar-refractivity contribution < 1.29 is 4.79 Å². The van der Waals surface area contributed by atoms with Crippen LogP contribution >= 0.6 is 47.2 Å². The van der Waals surface area contributed by atoms with Crippen LogP contribution in [0.4, 0.5) is 0 Å². The lowest BCUT2D eigenvalue weighted by Crippen LogP contribution is -2.17. The van der Waals surface area contributed by atoms with E-state index in [0.29, 0.717) is 30.8 Å². The number of rotatable bonds is 3. The van der Waals surface area contributed by atoms with Gasteiger partial charge < -0.3 is 10.3 Å². The molecular weight excluding hydrogens is 471 g/mol. The number of aromatic nitrogens is 3. The summed E-state index contributed by atoms with van der Waals surface area (Å²) in [5, 5.41) is 3.59. The van der Waals surface area contributed by atoms with Gasteiger partial charge in [-0.25, -0.2) is 9.97 Å². The number of amides is 1. The lowest BCUT2D eigenvalue weighted by atomic mass is 10.1. The first kappa shape index (κ1) is 20.2. The molecule has 0 bridgehead atoms. The Bertz CT molecular complexity index is 1410. The van der Waals surface area contributed by atoms with Crippen LogP contribution in [0, 0.1) is 0 Å². The van der Waals surface area contributed by atoms with Gasteiger partial charge in [0.15, 0.2) is 5.82 Å². The molecule has 0 radical (unpaired) electrons. The average Bonchev–Trinajstić information content (AvgIpc) is 3.32. The minimum atomic E-state index is -0.180. The van der Waals surface area contributed by atoms with Crippen molar-refractivity contribution >= 4 is 74.5 Å². The number of fused-ring (bicyclic) bond motifs is 1. The molecule has 3 heterocycles. The van der Waals surface area contributed by atoms with Gasteiger partial charge in [0.25, 0.3) is 5.91 Å². The molecule has 5 nitrogen and oxygen atoms in total. The van der Waals surface area contributed by atoms with Gasteiger partial charge in [-0.1, -0.05) is 65.4 Å². The summed E-state index contributed by atoms with van der Waals surface area (Å²) in [6, 6.07) is 16.9. The van der Waals surface area contributed by atoms with Crippen LogP contribution in [-0.4, -0.2) is 25.2 Å². The first-order valence-corrected chi connectivity index (χ1v) is 11.1. The van der Waals surface area contributed by atoms with E-state index >= 15 is 0 Å². The zero-order valence-electron chi connectivity index (χ0n) is 15.6. The fraction of sp³-hybridized carbons (Fsp3) is 0. The highest BCUT2D eigenvalue weighted by molar-refractivity contribution is 8.26. The van der Waals surface area contributed by atoms with Gasteiger partial charge in [0.2, 0.25) is 0 Å². The molecule has 9 heteroatoms. The summed E-state index contributed by atoms with van der Waals surface area (Å²) >= 11 is 18.5. The molecule has 2 aromatic carbocycles. The Morgan fingerprint density at radius 3 is 2.58 bits per heavy atom. The molecule has 1 saturated heterocycles. The number of aromatic amines is 1. The van der Waals surface area contributed by atoms with E-state index in [4.69, 9.17) is 45.4 Å². The van der Waals surface area contributed by atoms with Gasteiger partial charge in [0.05, 0.1) is 31.7 Å². The number of carbonyl (C=O) groups excluding carboxylic acids is 1. The van der Waals surface area contributed by atoms with Crippen molar-refractivity contribution in [3.05, 3.63) is 75.1 Å². The zero-order valence-corrected chi connectivity index (χ0v) is 18.8. The Kier molecular flexibility index (Phi) is 5.27. The summed E-state index contributed by atoms with van der Waals surface area (Å²) in [6.07, 6.45) is 1.80. The van der Waals surface area contributed by atoms with Gasteiger partial charge in [-0.05, 0) is 48.0 Å². The van der Waals surface area contributed by atoms with Crippen LogP contribution in [0.25, 0.3) is 39.9 Å². The van der Waals surface area contributed by atoms with E-state index in [9.17, 15) is 4.79 Å². The Labute approximate surface area is 196 Å². The number of H-pyrrole nitrogens is 1. The summed E-state index contributed by atoms with van der Waals surface area (Å²) in [4.78, 5) is 25.2. The van der Waals surface area contributed by atoms with Crippen molar-refractivity contribution in [3.63, 3.8) is 0 Å². The molecule has 31 heavy (non-hydrogen) atoms. The normalized spacial score (nSPS) is 15.1. The Morgan fingerprint density at radius 1 is 0.968 bits per heavy atom. The molecule has 2 N–H and O–H groups in total. The summed E-state index contributed by atoms with van der Waals surface area (Å²) in [5.41, 5.74) is 4.85. The topological polar surface area (TPSA) is 70.7 Å². The van der Waals surface area contributed by atoms with Gasteiger partial charge in [-0.3, -0.25) is 4.79 Å². The standard InChI is InChI=1S/C22H12Cl2N4OS2/c23-13-6-5-12(10-14(13)24)15-2-1-3-17(25-15)20-26-16-7-4-11(8-18(16)27-20)9-19-21(29)28-22(30)31-19/h1-10H,(H,26,27)(H,28,29,30)/b19-9+. The number of nitrogens with zero attached hydrogens (tertiary/aromatic N) is 2. The van der Waals surface area contributed by atoms with Crippen molar-refractivity contribution in [2.24, 2.45) is 0 Å². The van der Waals surface area contributed by atoms with Crippen LogP contribution in [0.5, 0.6) is 0 Å². The number of halogens is 2. The molecule has 4 aromatic rings. The minimum Gasteiger partial charge on any atom is -0.337 e. The van der Waals surface area contributed by atoms with E-state index < -0.39 is 0 Å². The van der Waals surface area contributed by atoms with Crippen molar-refractivity contribution in [2.75, 3.05) is 0 Å². The van der Waals surface area contributed by atoms with E-state index in [1.165, 1.54) is 11.8 Å². The van der Waals surface area contributed by atoms with Crippen LogP contribution in [0.3, 0.4) is 0 Å². The van der Waals surface area contributed by atoms with Crippen molar-refractivity contribution in [1.82, 2.24) is 20.3 Å². The molecule has 0 atom stereocenters. The SMILES string of the molecule is O=C1NC(=S)S/C1=C/c1ccc2[nH]c(-c3cccc(-c4ccc(Cl)c(Cl)c4)n3)nc2c1. The molecule has 152 valence electrons. The summed E-state index contributed by atoms with van der Waals surface area (Å²) in [5.74, 6) is 0.469.